The van der Waals surface area contributed by atoms with Gasteiger partial charge in [0.25, 0.3) is 0 Å². The van der Waals surface area contributed by atoms with E-state index in [0.717, 1.165) is 20.3 Å². The first-order valence-corrected chi connectivity index (χ1v) is 5.35. The van der Waals surface area contributed by atoms with Crippen molar-refractivity contribution in [3.8, 4) is 0 Å². The molecule has 0 nitrogen and oxygen atoms in total. The average molecular weight is 296 g/mol. The Morgan fingerprint density at radius 2 is 1.73 bits per heavy atom. The van der Waals surface area contributed by atoms with Gasteiger partial charge in [-0.25, -0.2) is 0 Å². The van der Waals surface area contributed by atoms with Crippen LogP contribution in [-0.4, -0.2) is 0 Å². The van der Waals surface area contributed by atoms with Crippen LogP contribution in [-0.2, 0) is 6.42 Å². The van der Waals surface area contributed by atoms with Gasteiger partial charge in [-0.1, -0.05) is 6.92 Å². The Kier molecular flexibility index (Phi) is 3.47. The van der Waals surface area contributed by atoms with E-state index in [0.29, 0.717) is 0 Å². The van der Waals surface area contributed by atoms with Gasteiger partial charge in [-0.05, 0) is 56.0 Å². The van der Waals surface area contributed by atoms with Gasteiger partial charge in [-0.3, -0.25) is 0 Å². The van der Waals surface area contributed by atoms with Crippen molar-refractivity contribution in [3.63, 3.8) is 0 Å². The summed E-state index contributed by atoms with van der Waals surface area (Å²) in [6.07, 6.45) is 1.05. The molecule has 1 aromatic rings. The quantitative estimate of drug-likeness (QED) is 0.742. The molecule has 0 fully saturated rings. The Bertz CT molecular complexity index is 248. The number of benzene rings is 1. The molecule has 1 rings (SSSR count). The smallest absolute Gasteiger partial charge is 0.0326 e. The first-order valence-electron chi connectivity index (χ1n) is 3.32. The molecule has 0 aliphatic heterocycles. The fourth-order valence-corrected chi connectivity index (χ4v) is 2.23. The molecule has 0 saturated heterocycles. The highest BCUT2D eigenvalue weighted by molar-refractivity contribution is 9.11. The van der Waals surface area contributed by atoms with E-state index in [1.165, 1.54) is 5.56 Å². The van der Waals surface area contributed by atoms with Crippen molar-refractivity contribution in [1.29, 1.82) is 0 Å². The Labute approximate surface area is 89.1 Å². The molecule has 0 amide bonds. The molecule has 0 aliphatic carbocycles. The van der Waals surface area contributed by atoms with Crippen molar-refractivity contribution in [3.05, 3.63) is 26.6 Å². The van der Waals surface area contributed by atoms with Gasteiger partial charge >= 0.3 is 0 Å². The van der Waals surface area contributed by atoms with E-state index in [-0.39, 0.29) is 0 Å². The number of thiol groups is 1. The number of rotatable bonds is 1. The van der Waals surface area contributed by atoms with E-state index >= 15 is 0 Å². The van der Waals surface area contributed by atoms with Crippen LogP contribution in [0.25, 0.3) is 0 Å². The van der Waals surface area contributed by atoms with Crippen LogP contribution in [0.1, 0.15) is 12.5 Å². The maximum absolute atomic E-state index is 4.30. The van der Waals surface area contributed by atoms with Crippen molar-refractivity contribution in [2.75, 3.05) is 0 Å². The third-order valence-electron chi connectivity index (χ3n) is 1.48. The minimum atomic E-state index is 0.960. The lowest BCUT2D eigenvalue weighted by Crippen LogP contribution is -1.82. The molecular formula is C8H8Br2S. The molecule has 0 radical (unpaired) electrons. The fourth-order valence-electron chi connectivity index (χ4n) is 0.822. The summed E-state index contributed by atoms with van der Waals surface area (Å²) in [4.78, 5) is 0.960. The molecule has 0 aromatic heterocycles. The first-order chi connectivity index (χ1) is 5.15. The molecule has 0 unspecified atom stereocenters. The maximum Gasteiger partial charge on any atom is 0.0326 e. The summed E-state index contributed by atoms with van der Waals surface area (Å²) < 4.78 is 2.10. The Morgan fingerprint density at radius 3 is 2.09 bits per heavy atom. The normalized spacial score (nSPS) is 10.2. The molecule has 0 aliphatic rings. The van der Waals surface area contributed by atoms with Crippen molar-refractivity contribution < 1.29 is 0 Å². The van der Waals surface area contributed by atoms with Gasteiger partial charge in [0.05, 0.1) is 0 Å². The number of hydrogen-bond donors (Lipinski definition) is 1. The third-order valence-corrected chi connectivity index (χ3v) is 3.83. The Morgan fingerprint density at radius 1 is 1.27 bits per heavy atom. The zero-order valence-electron chi connectivity index (χ0n) is 6.06. The summed E-state index contributed by atoms with van der Waals surface area (Å²) in [5.74, 6) is 0. The van der Waals surface area contributed by atoms with Crippen LogP contribution in [0.2, 0.25) is 0 Å². The predicted molar refractivity (Wildman–Crippen MR) is 58.5 cm³/mol. The van der Waals surface area contributed by atoms with E-state index in [1.807, 2.05) is 0 Å². The number of aryl methyl sites for hydroxylation is 1. The molecule has 1 aromatic carbocycles. The lowest BCUT2D eigenvalue weighted by Gasteiger charge is -2.03. The summed E-state index contributed by atoms with van der Waals surface area (Å²) in [5, 5.41) is 0. The average Bonchev–Trinajstić information content (AvgIpc) is 1.99. The first kappa shape index (κ1) is 9.62. The minimum Gasteiger partial charge on any atom is -0.141 e. The van der Waals surface area contributed by atoms with Crippen LogP contribution in [0, 0.1) is 0 Å². The second-order valence-corrected chi connectivity index (χ2v) is 4.42. The molecule has 0 N–H and O–H groups in total. The molecule has 0 saturated carbocycles. The van der Waals surface area contributed by atoms with Crippen LogP contribution in [0.15, 0.2) is 26.0 Å². The zero-order valence-corrected chi connectivity index (χ0v) is 10.1. The van der Waals surface area contributed by atoms with Gasteiger partial charge in [0.1, 0.15) is 0 Å². The molecule has 60 valence electrons. The number of halogens is 2. The second kappa shape index (κ2) is 3.97. The summed E-state index contributed by atoms with van der Waals surface area (Å²) in [5.41, 5.74) is 1.31. The molecular weight excluding hydrogens is 288 g/mol. The van der Waals surface area contributed by atoms with Crippen LogP contribution in [0.4, 0.5) is 0 Å². The summed E-state index contributed by atoms with van der Waals surface area (Å²) in [6.45, 7) is 2.13. The van der Waals surface area contributed by atoms with Crippen LogP contribution in [0.5, 0.6) is 0 Å². The van der Waals surface area contributed by atoms with E-state index in [1.54, 1.807) is 0 Å². The molecule has 11 heavy (non-hydrogen) atoms. The topological polar surface area (TPSA) is 0 Å². The Hall–Kier alpha value is 0.530. The second-order valence-electron chi connectivity index (χ2n) is 2.26. The zero-order chi connectivity index (χ0) is 8.43. The molecule has 0 heterocycles. The standard InChI is InChI=1S/C8H8Br2S/c1-2-5-3-6(9)8(11)7(10)4-5/h3-4,11H,2H2,1H3. The van der Waals surface area contributed by atoms with Crippen molar-refractivity contribution in [2.24, 2.45) is 0 Å². The summed E-state index contributed by atoms with van der Waals surface area (Å²) in [7, 11) is 0. The molecule has 0 atom stereocenters. The summed E-state index contributed by atoms with van der Waals surface area (Å²) >= 11 is 11.2. The monoisotopic (exact) mass is 294 g/mol. The van der Waals surface area contributed by atoms with Gasteiger partial charge in [0.2, 0.25) is 0 Å². The highest BCUT2D eigenvalue weighted by Gasteiger charge is 2.01. The van der Waals surface area contributed by atoms with E-state index in [4.69, 9.17) is 0 Å². The predicted octanol–water partition coefficient (Wildman–Crippen LogP) is 4.06. The molecule has 0 bridgehead atoms. The molecule has 3 heteroatoms. The van der Waals surface area contributed by atoms with Gasteiger partial charge in [-0.2, -0.15) is 0 Å². The van der Waals surface area contributed by atoms with Crippen molar-refractivity contribution >= 4 is 44.5 Å². The summed E-state index contributed by atoms with van der Waals surface area (Å²) in [6, 6.07) is 4.18. The molecule has 0 spiro atoms. The third kappa shape index (κ3) is 2.23. The largest absolute Gasteiger partial charge is 0.141 e. The lowest BCUT2D eigenvalue weighted by molar-refractivity contribution is 1.12. The van der Waals surface area contributed by atoms with Gasteiger partial charge in [0.15, 0.2) is 0 Å². The van der Waals surface area contributed by atoms with E-state index in [9.17, 15) is 0 Å². The highest BCUT2D eigenvalue weighted by Crippen LogP contribution is 2.30. The van der Waals surface area contributed by atoms with Crippen LogP contribution < -0.4 is 0 Å². The van der Waals surface area contributed by atoms with Gasteiger partial charge < -0.3 is 0 Å². The van der Waals surface area contributed by atoms with E-state index < -0.39 is 0 Å². The SMILES string of the molecule is CCc1cc(Br)c(S)c(Br)c1. The fraction of sp³-hybridized carbons (Fsp3) is 0.250. The Balaban J connectivity index is 3.21. The van der Waals surface area contributed by atoms with Gasteiger partial charge in [-0.15, -0.1) is 12.6 Å². The lowest BCUT2D eigenvalue weighted by atomic mass is 10.2. The van der Waals surface area contributed by atoms with E-state index in [2.05, 4.69) is 63.5 Å². The minimum absolute atomic E-state index is 0.960. The van der Waals surface area contributed by atoms with Crippen molar-refractivity contribution in [2.45, 2.75) is 18.2 Å². The van der Waals surface area contributed by atoms with Crippen LogP contribution >= 0.6 is 44.5 Å². The maximum atomic E-state index is 4.30. The van der Waals surface area contributed by atoms with Crippen molar-refractivity contribution in [1.82, 2.24) is 0 Å². The highest BCUT2D eigenvalue weighted by atomic mass is 79.9. The number of hydrogen-bond acceptors (Lipinski definition) is 1. The van der Waals surface area contributed by atoms with Crippen LogP contribution in [0.3, 0.4) is 0 Å². The van der Waals surface area contributed by atoms with Gasteiger partial charge in [0, 0.05) is 13.8 Å².